The summed E-state index contributed by atoms with van der Waals surface area (Å²) in [5, 5.41) is 0. The molecule has 2 aliphatic heterocycles. The number of nitrogens with zero attached hydrogens (tertiary/aromatic N) is 2. The molecule has 386 valence electrons. The average Bonchev–Trinajstić information content (AvgIpc) is 4.15. The van der Waals surface area contributed by atoms with Gasteiger partial charge in [0.15, 0.2) is 6.29 Å². The molecule has 0 fully saturated rings. The minimum atomic E-state index is -0.139. The van der Waals surface area contributed by atoms with Crippen molar-refractivity contribution in [2.45, 2.75) is 164 Å². The van der Waals surface area contributed by atoms with Gasteiger partial charge in [-0.2, -0.15) is 0 Å². The molecular weight excluding hydrogens is 913 g/mol. The summed E-state index contributed by atoms with van der Waals surface area (Å²) in [5.74, 6) is 0. The molecule has 8 bridgehead atoms. The number of aldehydes is 1. The van der Waals surface area contributed by atoms with E-state index < -0.39 is 0 Å². The number of hydrogen-bond acceptors (Lipinski definition) is 3. The molecule has 5 nitrogen and oxygen atoms in total. The van der Waals surface area contributed by atoms with Crippen molar-refractivity contribution in [2.75, 3.05) is 0 Å². The summed E-state index contributed by atoms with van der Waals surface area (Å²) in [5.41, 5.74) is 23.0. The van der Waals surface area contributed by atoms with Gasteiger partial charge in [-0.15, -0.1) is 0 Å². The number of aryl methyl sites for hydroxylation is 1. The van der Waals surface area contributed by atoms with Gasteiger partial charge in [0.25, 0.3) is 0 Å². The molecule has 2 N–H and O–H groups in total. The summed E-state index contributed by atoms with van der Waals surface area (Å²) < 4.78 is 0. The van der Waals surface area contributed by atoms with Gasteiger partial charge in [-0.05, 0) is 143 Å². The van der Waals surface area contributed by atoms with E-state index in [4.69, 9.17) is 9.97 Å². The number of benzene rings is 4. The van der Waals surface area contributed by atoms with Crippen LogP contribution in [0.2, 0.25) is 0 Å². The first kappa shape index (κ1) is 53.0. The number of carbonyl (C=O) groups is 1. The average molecular weight is 993 g/mol. The molecule has 3 aromatic heterocycles. The Kier molecular flexibility index (Phi) is 13.0. The molecule has 0 amide bonds. The third-order valence-electron chi connectivity index (χ3n) is 15.3. The first-order valence-electron chi connectivity index (χ1n) is 27.0. The van der Waals surface area contributed by atoms with E-state index in [1.165, 1.54) is 33.4 Å². The molecule has 0 saturated heterocycles. The Labute approximate surface area is 448 Å². The molecule has 5 heterocycles. The Hall–Kier alpha value is -6.85. The second-order valence-corrected chi connectivity index (χ2v) is 27.6. The number of hydrogen-bond donors (Lipinski definition) is 2. The third kappa shape index (κ3) is 10.5. The minimum absolute atomic E-state index is 0.118. The zero-order chi connectivity index (χ0) is 54.5. The van der Waals surface area contributed by atoms with Crippen LogP contribution >= 0.6 is 0 Å². The zero-order valence-electron chi connectivity index (χ0n) is 48.4. The first-order valence-corrected chi connectivity index (χ1v) is 27.0. The SMILES string of the molecule is Cc1ccccc1C1=Cc2nc1c(C=O)c1ccc([nH]1)c(-c1cc(C(C)(C)C)cc(C(C)(C)C)c1)c1nc(c(-c3cc(C(C)(C)C)cc(C(C)(C)C)c3)c3ccc([nH]3)c2-c2cc(C(C)(C)C)cc(C(C)(C)C)c2)C=C1. The van der Waals surface area contributed by atoms with Crippen molar-refractivity contribution < 1.29 is 4.79 Å². The Balaban J connectivity index is 1.55. The Bertz CT molecular complexity index is 3570. The standard InChI is InChI=1S/C70H80N4O/c1-41-22-20-21-23-51(41)52-39-60-63(44-34-49(69(14,15)16)38-50(35-44)70(17,18)19)59-29-28-58(73-59)62(43-32-47(67(8,9)10)37-48(33-43)68(11,12)13)57-27-26-56(72-57)61(55-25-24-54(71-55)53(40-75)64(52)74-60)42-30-45(65(2,3)4)36-46(31-42)66(5,6)7/h20-40,71,73H,1-19H3. The van der Waals surface area contributed by atoms with Crippen LogP contribution in [0.15, 0.2) is 103 Å². The highest BCUT2D eigenvalue weighted by Crippen LogP contribution is 2.44. The van der Waals surface area contributed by atoms with Crippen LogP contribution in [0.5, 0.6) is 0 Å². The molecule has 7 aromatic rings. The number of aromatic amines is 2. The van der Waals surface area contributed by atoms with E-state index in [0.29, 0.717) is 16.8 Å². The number of H-pyrrole nitrogens is 2. The van der Waals surface area contributed by atoms with Crippen LogP contribution < -0.4 is 0 Å². The molecule has 0 atom stereocenters. The van der Waals surface area contributed by atoms with Gasteiger partial charge in [0, 0.05) is 38.8 Å². The molecule has 4 aromatic carbocycles. The molecule has 2 aliphatic rings. The lowest BCUT2D eigenvalue weighted by atomic mass is 9.78. The van der Waals surface area contributed by atoms with Gasteiger partial charge in [0.2, 0.25) is 0 Å². The van der Waals surface area contributed by atoms with Gasteiger partial charge in [0.1, 0.15) is 0 Å². The quantitative estimate of drug-likeness (QED) is 0.169. The van der Waals surface area contributed by atoms with Crippen molar-refractivity contribution >= 4 is 52.2 Å². The topological polar surface area (TPSA) is 74.4 Å². The zero-order valence-corrected chi connectivity index (χ0v) is 48.4. The molecular formula is C70H80N4O. The monoisotopic (exact) mass is 993 g/mol. The first-order chi connectivity index (χ1) is 34.8. The summed E-state index contributed by atoms with van der Waals surface area (Å²) in [4.78, 5) is 33.3. The van der Waals surface area contributed by atoms with E-state index in [2.05, 4.69) is 257 Å². The van der Waals surface area contributed by atoms with Crippen LogP contribution in [0, 0.1) is 6.92 Å². The number of aromatic nitrogens is 4. The van der Waals surface area contributed by atoms with E-state index in [1.807, 2.05) is 6.07 Å². The van der Waals surface area contributed by atoms with Gasteiger partial charge in [-0.1, -0.05) is 203 Å². The summed E-state index contributed by atoms with van der Waals surface area (Å²) in [6.45, 7) is 43.3. The fourth-order valence-electron chi connectivity index (χ4n) is 10.3. The van der Waals surface area contributed by atoms with Gasteiger partial charge in [-0.3, -0.25) is 4.79 Å². The van der Waals surface area contributed by atoms with E-state index in [-0.39, 0.29) is 32.5 Å². The second-order valence-electron chi connectivity index (χ2n) is 27.6. The Morgan fingerprint density at radius 2 is 0.733 bits per heavy atom. The highest BCUT2D eigenvalue weighted by molar-refractivity contribution is 6.06. The van der Waals surface area contributed by atoms with Crippen molar-refractivity contribution in [3.8, 4) is 33.4 Å². The van der Waals surface area contributed by atoms with Crippen LogP contribution in [-0.2, 0) is 32.5 Å². The molecule has 0 saturated carbocycles. The summed E-state index contributed by atoms with van der Waals surface area (Å²) in [7, 11) is 0. The maximum absolute atomic E-state index is 14.0. The smallest absolute Gasteiger partial charge is 0.154 e. The third-order valence-corrected chi connectivity index (χ3v) is 15.3. The highest BCUT2D eigenvalue weighted by Gasteiger charge is 2.29. The second kappa shape index (κ2) is 18.5. The van der Waals surface area contributed by atoms with E-state index in [1.54, 1.807) is 0 Å². The van der Waals surface area contributed by atoms with E-state index in [0.717, 1.165) is 90.0 Å². The van der Waals surface area contributed by atoms with Crippen LogP contribution in [0.25, 0.3) is 79.2 Å². The lowest BCUT2D eigenvalue weighted by Gasteiger charge is -2.26. The number of carbonyl (C=O) groups excluding carboxylic acids is 1. The molecule has 0 spiro atoms. The maximum Gasteiger partial charge on any atom is 0.154 e. The van der Waals surface area contributed by atoms with Crippen molar-refractivity contribution in [3.05, 3.63) is 176 Å². The van der Waals surface area contributed by atoms with Gasteiger partial charge < -0.3 is 9.97 Å². The molecule has 0 unspecified atom stereocenters. The Morgan fingerprint density at radius 3 is 1.08 bits per heavy atom. The fourth-order valence-corrected chi connectivity index (χ4v) is 10.3. The van der Waals surface area contributed by atoms with Gasteiger partial charge >= 0.3 is 0 Å². The molecule has 0 aliphatic carbocycles. The van der Waals surface area contributed by atoms with Gasteiger partial charge in [-0.25, -0.2) is 9.97 Å². The minimum Gasteiger partial charge on any atom is -0.354 e. The van der Waals surface area contributed by atoms with Crippen LogP contribution in [0.4, 0.5) is 0 Å². The van der Waals surface area contributed by atoms with Crippen LogP contribution in [-0.4, -0.2) is 26.2 Å². The largest absolute Gasteiger partial charge is 0.354 e. The van der Waals surface area contributed by atoms with Crippen LogP contribution in [0.1, 0.15) is 202 Å². The van der Waals surface area contributed by atoms with E-state index >= 15 is 0 Å². The van der Waals surface area contributed by atoms with Crippen LogP contribution in [0.3, 0.4) is 0 Å². The maximum atomic E-state index is 14.0. The number of nitrogens with one attached hydrogen (secondary N) is 2. The highest BCUT2D eigenvalue weighted by atomic mass is 16.1. The molecule has 9 rings (SSSR count). The lowest BCUT2D eigenvalue weighted by Crippen LogP contribution is -2.16. The van der Waals surface area contributed by atoms with Crippen molar-refractivity contribution in [2.24, 2.45) is 0 Å². The van der Waals surface area contributed by atoms with E-state index in [9.17, 15) is 4.79 Å². The summed E-state index contributed by atoms with van der Waals surface area (Å²) in [6.07, 6.45) is 7.56. The normalized spacial score (nSPS) is 13.6. The predicted octanol–water partition coefficient (Wildman–Crippen LogP) is 19.0. The number of fused-ring (bicyclic) bond motifs is 8. The molecule has 5 heteroatoms. The summed E-state index contributed by atoms with van der Waals surface area (Å²) >= 11 is 0. The lowest BCUT2D eigenvalue weighted by molar-refractivity contribution is 0.112. The number of rotatable bonds is 5. The van der Waals surface area contributed by atoms with Crippen molar-refractivity contribution in [3.63, 3.8) is 0 Å². The summed E-state index contributed by atoms with van der Waals surface area (Å²) in [6, 6.07) is 38.3. The predicted molar refractivity (Wildman–Crippen MR) is 322 cm³/mol. The molecule has 75 heavy (non-hydrogen) atoms. The van der Waals surface area contributed by atoms with Gasteiger partial charge in [0.05, 0.1) is 33.9 Å². The van der Waals surface area contributed by atoms with Crippen molar-refractivity contribution in [1.82, 2.24) is 19.9 Å². The fraction of sp³-hybridized carbons (Fsp3) is 0.357. The molecule has 0 radical (unpaired) electrons. The van der Waals surface area contributed by atoms with Crippen molar-refractivity contribution in [1.29, 1.82) is 0 Å². The Morgan fingerprint density at radius 1 is 0.400 bits per heavy atom.